The van der Waals surface area contributed by atoms with Crippen molar-refractivity contribution in [2.45, 2.75) is 13.8 Å². The van der Waals surface area contributed by atoms with E-state index in [1.807, 2.05) is 44.2 Å². The van der Waals surface area contributed by atoms with Gasteiger partial charge in [0.1, 0.15) is 10.5 Å². The molecule has 0 aliphatic heterocycles. The summed E-state index contributed by atoms with van der Waals surface area (Å²) in [6.45, 7) is 3.82. The Hall–Kier alpha value is -2.34. The van der Waals surface area contributed by atoms with Gasteiger partial charge in [-0.05, 0) is 32.0 Å². The zero-order chi connectivity index (χ0) is 14.3. The molecular formula is C14H13N5S. The van der Waals surface area contributed by atoms with E-state index in [0.29, 0.717) is 4.99 Å². The second-order valence-electron chi connectivity index (χ2n) is 4.60. The summed E-state index contributed by atoms with van der Waals surface area (Å²) in [6, 6.07) is 9.68. The van der Waals surface area contributed by atoms with E-state index in [0.717, 1.165) is 33.7 Å². The standard InChI is InChI=1S/C14H13N5S/c1-8-7-12(13(14(15)20)9(2)16-8)19-11-6-4-3-5-10(11)17-18-19/h3-7H,1-2H3,(H2,15,20). The molecule has 100 valence electrons. The third-order valence-corrected chi connectivity index (χ3v) is 3.34. The van der Waals surface area contributed by atoms with Crippen LogP contribution in [-0.2, 0) is 0 Å². The number of fused-ring (bicyclic) bond motifs is 1. The first kappa shape index (κ1) is 12.7. The Kier molecular flexibility index (Phi) is 2.94. The van der Waals surface area contributed by atoms with E-state index in [1.165, 1.54) is 0 Å². The highest BCUT2D eigenvalue weighted by Crippen LogP contribution is 2.22. The molecule has 5 nitrogen and oxygen atoms in total. The Morgan fingerprint density at radius 2 is 2.00 bits per heavy atom. The smallest absolute Gasteiger partial charge is 0.113 e. The van der Waals surface area contributed by atoms with Gasteiger partial charge in [-0.2, -0.15) is 0 Å². The number of thiocarbonyl (C=S) groups is 1. The summed E-state index contributed by atoms with van der Waals surface area (Å²) >= 11 is 5.15. The molecule has 0 spiro atoms. The van der Waals surface area contributed by atoms with Gasteiger partial charge in [-0.15, -0.1) is 5.10 Å². The van der Waals surface area contributed by atoms with Crippen LogP contribution in [0, 0.1) is 13.8 Å². The van der Waals surface area contributed by atoms with Crippen molar-refractivity contribution in [2.75, 3.05) is 0 Å². The second-order valence-corrected chi connectivity index (χ2v) is 5.04. The second kappa shape index (κ2) is 4.64. The van der Waals surface area contributed by atoms with Crippen molar-refractivity contribution in [1.29, 1.82) is 0 Å². The highest BCUT2D eigenvalue weighted by Gasteiger charge is 2.15. The van der Waals surface area contributed by atoms with Crippen molar-refractivity contribution in [2.24, 2.45) is 5.73 Å². The van der Waals surface area contributed by atoms with Gasteiger partial charge in [0.05, 0.1) is 16.8 Å². The van der Waals surface area contributed by atoms with Gasteiger partial charge in [-0.3, -0.25) is 4.98 Å². The Labute approximate surface area is 121 Å². The molecule has 0 unspecified atom stereocenters. The number of hydrogen-bond acceptors (Lipinski definition) is 4. The van der Waals surface area contributed by atoms with Crippen molar-refractivity contribution >= 4 is 28.2 Å². The van der Waals surface area contributed by atoms with Crippen LogP contribution in [0.25, 0.3) is 16.7 Å². The van der Waals surface area contributed by atoms with E-state index in [9.17, 15) is 0 Å². The van der Waals surface area contributed by atoms with Crippen LogP contribution in [0.5, 0.6) is 0 Å². The van der Waals surface area contributed by atoms with E-state index in [2.05, 4.69) is 15.3 Å². The molecule has 0 aliphatic carbocycles. The van der Waals surface area contributed by atoms with Crippen molar-refractivity contribution < 1.29 is 0 Å². The molecule has 1 aromatic carbocycles. The molecule has 0 atom stereocenters. The summed E-state index contributed by atoms with van der Waals surface area (Å²) in [7, 11) is 0. The fourth-order valence-corrected chi connectivity index (χ4v) is 2.58. The lowest BCUT2D eigenvalue weighted by atomic mass is 10.1. The lowest BCUT2D eigenvalue weighted by molar-refractivity contribution is 0.817. The van der Waals surface area contributed by atoms with Crippen LogP contribution in [0.15, 0.2) is 30.3 Å². The van der Waals surface area contributed by atoms with Crippen LogP contribution >= 0.6 is 12.2 Å². The van der Waals surface area contributed by atoms with Crippen molar-refractivity contribution in [3.05, 3.63) is 47.3 Å². The van der Waals surface area contributed by atoms with Crippen molar-refractivity contribution in [3.63, 3.8) is 0 Å². The van der Waals surface area contributed by atoms with Crippen molar-refractivity contribution in [1.82, 2.24) is 20.0 Å². The first-order valence-corrected chi connectivity index (χ1v) is 6.57. The van der Waals surface area contributed by atoms with Gasteiger partial charge in [-0.1, -0.05) is 29.6 Å². The molecule has 0 aliphatic rings. The van der Waals surface area contributed by atoms with Gasteiger partial charge in [0.2, 0.25) is 0 Å². The molecule has 3 rings (SSSR count). The summed E-state index contributed by atoms with van der Waals surface area (Å²) in [6.07, 6.45) is 0. The summed E-state index contributed by atoms with van der Waals surface area (Å²) in [4.78, 5) is 4.73. The summed E-state index contributed by atoms with van der Waals surface area (Å²) in [5.41, 5.74) is 10.8. The average molecular weight is 283 g/mol. The first-order chi connectivity index (χ1) is 9.58. The van der Waals surface area contributed by atoms with Gasteiger partial charge in [0.15, 0.2) is 0 Å². The maximum absolute atomic E-state index is 5.85. The fraction of sp³-hybridized carbons (Fsp3) is 0.143. The van der Waals surface area contributed by atoms with Crippen LogP contribution in [0.2, 0.25) is 0 Å². The molecule has 3 aromatic rings. The van der Waals surface area contributed by atoms with Gasteiger partial charge in [0.25, 0.3) is 0 Å². The van der Waals surface area contributed by atoms with Crippen LogP contribution in [0.1, 0.15) is 17.0 Å². The number of nitrogens with two attached hydrogens (primary N) is 1. The van der Waals surface area contributed by atoms with Crippen molar-refractivity contribution in [3.8, 4) is 5.69 Å². The summed E-state index contributed by atoms with van der Waals surface area (Å²) < 4.78 is 1.76. The van der Waals surface area contributed by atoms with E-state index in [4.69, 9.17) is 18.0 Å². The SMILES string of the molecule is Cc1cc(-n2nnc3ccccc32)c(C(N)=S)c(C)n1. The Balaban J connectivity index is 2.37. The largest absolute Gasteiger partial charge is 0.389 e. The molecule has 0 saturated carbocycles. The quantitative estimate of drug-likeness (QED) is 0.729. The first-order valence-electron chi connectivity index (χ1n) is 6.17. The number of para-hydroxylation sites is 1. The minimum Gasteiger partial charge on any atom is -0.389 e. The fourth-order valence-electron chi connectivity index (χ4n) is 2.33. The number of pyridine rings is 1. The lowest BCUT2D eigenvalue weighted by Gasteiger charge is -2.12. The Morgan fingerprint density at radius 3 is 2.75 bits per heavy atom. The van der Waals surface area contributed by atoms with Crippen LogP contribution in [-0.4, -0.2) is 25.0 Å². The third kappa shape index (κ3) is 1.94. The molecule has 2 N–H and O–H groups in total. The Morgan fingerprint density at radius 1 is 1.25 bits per heavy atom. The van der Waals surface area contributed by atoms with E-state index >= 15 is 0 Å². The molecule has 0 bridgehead atoms. The molecule has 6 heteroatoms. The molecule has 0 amide bonds. The molecule has 0 saturated heterocycles. The van der Waals surface area contributed by atoms with Gasteiger partial charge in [0, 0.05) is 11.4 Å². The van der Waals surface area contributed by atoms with Gasteiger partial charge in [-0.25, -0.2) is 4.68 Å². The summed E-state index contributed by atoms with van der Waals surface area (Å²) in [5, 5.41) is 8.38. The monoisotopic (exact) mass is 283 g/mol. The molecule has 0 radical (unpaired) electrons. The zero-order valence-electron chi connectivity index (χ0n) is 11.2. The van der Waals surface area contributed by atoms with Crippen LogP contribution in [0.3, 0.4) is 0 Å². The number of nitrogens with zero attached hydrogens (tertiary/aromatic N) is 4. The maximum atomic E-state index is 5.85. The highest BCUT2D eigenvalue weighted by atomic mass is 32.1. The number of hydrogen-bond donors (Lipinski definition) is 1. The van der Waals surface area contributed by atoms with E-state index < -0.39 is 0 Å². The summed E-state index contributed by atoms with van der Waals surface area (Å²) in [5.74, 6) is 0. The van der Waals surface area contributed by atoms with Gasteiger partial charge < -0.3 is 5.73 Å². The van der Waals surface area contributed by atoms with Gasteiger partial charge >= 0.3 is 0 Å². The predicted octanol–water partition coefficient (Wildman–Crippen LogP) is 2.07. The minimum atomic E-state index is 0.310. The molecule has 2 heterocycles. The third-order valence-electron chi connectivity index (χ3n) is 3.13. The molecular weight excluding hydrogens is 270 g/mol. The highest BCUT2D eigenvalue weighted by molar-refractivity contribution is 7.80. The number of aryl methyl sites for hydroxylation is 2. The maximum Gasteiger partial charge on any atom is 0.113 e. The molecule has 2 aromatic heterocycles. The van der Waals surface area contributed by atoms with E-state index in [-0.39, 0.29) is 0 Å². The predicted molar refractivity (Wildman–Crippen MR) is 82.0 cm³/mol. The average Bonchev–Trinajstić information content (AvgIpc) is 2.80. The number of rotatable bonds is 2. The minimum absolute atomic E-state index is 0.310. The lowest BCUT2D eigenvalue weighted by Crippen LogP contribution is -2.17. The topological polar surface area (TPSA) is 69.6 Å². The number of aromatic nitrogens is 4. The molecule has 0 fully saturated rings. The normalized spacial score (nSPS) is 10.9. The molecule has 20 heavy (non-hydrogen) atoms. The van der Waals surface area contributed by atoms with E-state index in [1.54, 1.807) is 4.68 Å². The zero-order valence-corrected chi connectivity index (χ0v) is 12.0. The Bertz CT molecular complexity index is 822. The van der Waals surface area contributed by atoms with Crippen LogP contribution < -0.4 is 5.73 Å². The van der Waals surface area contributed by atoms with Crippen LogP contribution in [0.4, 0.5) is 0 Å². The number of benzene rings is 1.